The number of benzene rings is 1. The van der Waals surface area contributed by atoms with Crippen LogP contribution in [-0.4, -0.2) is 38.5 Å². The summed E-state index contributed by atoms with van der Waals surface area (Å²) < 4.78 is 1.45. The first-order valence-corrected chi connectivity index (χ1v) is 5.95. The van der Waals surface area contributed by atoms with E-state index in [1.165, 1.54) is 16.8 Å². The SMILES string of the molecule is CCCNC(=O)Cn1nnc2cc(C(=O)O)ccc21. The van der Waals surface area contributed by atoms with Gasteiger partial charge in [0.15, 0.2) is 0 Å². The summed E-state index contributed by atoms with van der Waals surface area (Å²) in [5.41, 5.74) is 1.25. The lowest BCUT2D eigenvalue weighted by molar-refractivity contribution is -0.121. The van der Waals surface area contributed by atoms with Crippen LogP contribution in [0.5, 0.6) is 0 Å². The molecular formula is C12H14N4O3. The Labute approximate surface area is 109 Å². The zero-order chi connectivity index (χ0) is 13.8. The summed E-state index contributed by atoms with van der Waals surface area (Å²) in [7, 11) is 0. The number of carbonyl (C=O) groups is 2. The number of rotatable bonds is 5. The van der Waals surface area contributed by atoms with Crippen molar-refractivity contribution in [3.05, 3.63) is 23.8 Å². The number of hydrogen-bond acceptors (Lipinski definition) is 4. The lowest BCUT2D eigenvalue weighted by atomic mass is 10.2. The largest absolute Gasteiger partial charge is 0.478 e. The average molecular weight is 262 g/mol. The maximum atomic E-state index is 11.6. The van der Waals surface area contributed by atoms with Gasteiger partial charge in [-0.2, -0.15) is 0 Å². The number of nitrogens with zero attached hydrogens (tertiary/aromatic N) is 3. The molecule has 2 N–H and O–H groups in total. The van der Waals surface area contributed by atoms with Gasteiger partial charge < -0.3 is 10.4 Å². The van der Waals surface area contributed by atoms with Crippen LogP contribution in [0, 0.1) is 0 Å². The Morgan fingerprint density at radius 2 is 2.21 bits per heavy atom. The number of fused-ring (bicyclic) bond motifs is 1. The van der Waals surface area contributed by atoms with Gasteiger partial charge in [-0.05, 0) is 24.6 Å². The molecule has 2 rings (SSSR count). The highest BCUT2D eigenvalue weighted by Crippen LogP contribution is 2.13. The van der Waals surface area contributed by atoms with Gasteiger partial charge in [-0.1, -0.05) is 12.1 Å². The van der Waals surface area contributed by atoms with Crippen LogP contribution in [0.15, 0.2) is 18.2 Å². The highest BCUT2D eigenvalue weighted by Gasteiger charge is 2.11. The predicted octanol–water partition coefficient (Wildman–Crippen LogP) is 0.656. The molecule has 0 unspecified atom stereocenters. The summed E-state index contributed by atoms with van der Waals surface area (Å²) in [4.78, 5) is 22.4. The molecule has 0 fully saturated rings. The van der Waals surface area contributed by atoms with E-state index < -0.39 is 5.97 Å². The lowest BCUT2D eigenvalue weighted by Crippen LogP contribution is -2.28. The Morgan fingerprint density at radius 3 is 2.89 bits per heavy atom. The Hall–Kier alpha value is -2.44. The topological polar surface area (TPSA) is 97.1 Å². The standard InChI is InChI=1S/C12H14N4O3/c1-2-5-13-11(17)7-16-10-4-3-8(12(18)19)6-9(10)14-15-16/h3-4,6H,2,5,7H2,1H3,(H,13,17)(H,18,19). The number of aromatic carboxylic acids is 1. The van der Waals surface area contributed by atoms with Gasteiger partial charge in [0.05, 0.1) is 11.1 Å². The molecule has 7 nitrogen and oxygen atoms in total. The van der Waals surface area contributed by atoms with E-state index in [1.807, 2.05) is 6.92 Å². The van der Waals surface area contributed by atoms with Crippen molar-refractivity contribution in [3.63, 3.8) is 0 Å². The molecule has 1 aromatic carbocycles. The maximum Gasteiger partial charge on any atom is 0.335 e. The van der Waals surface area contributed by atoms with Crippen molar-refractivity contribution in [1.29, 1.82) is 0 Å². The van der Waals surface area contributed by atoms with E-state index in [4.69, 9.17) is 5.11 Å². The van der Waals surface area contributed by atoms with E-state index in [2.05, 4.69) is 15.6 Å². The van der Waals surface area contributed by atoms with Gasteiger partial charge in [-0.25, -0.2) is 9.48 Å². The van der Waals surface area contributed by atoms with Crippen molar-refractivity contribution in [1.82, 2.24) is 20.3 Å². The molecule has 0 aliphatic rings. The summed E-state index contributed by atoms with van der Waals surface area (Å²) in [5, 5.41) is 19.3. The Balaban J connectivity index is 2.21. The highest BCUT2D eigenvalue weighted by atomic mass is 16.4. The number of aromatic nitrogens is 3. The van der Waals surface area contributed by atoms with E-state index in [0.29, 0.717) is 17.6 Å². The van der Waals surface area contributed by atoms with Crippen LogP contribution >= 0.6 is 0 Å². The summed E-state index contributed by atoms with van der Waals surface area (Å²) in [6.07, 6.45) is 0.867. The van der Waals surface area contributed by atoms with E-state index in [1.54, 1.807) is 6.07 Å². The fourth-order valence-corrected chi connectivity index (χ4v) is 1.68. The van der Waals surface area contributed by atoms with Crippen molar-refractivity contribution in [2.24, 2.45) is 0 Å². The van der Waals surface area contributed by atoms with Crippen molar-refractivity contribution < 1.29 is 14.7 Å². The van der Waals surface area contributed by atoms with Gasteiger partial charge in [0.25, 0.3) is 0 Å². The molecule has 0 saturated heterocycles. The minimum absolute atomic E-state index is 0.0723. The Bertz CT molecular complexity index is 620. The third kappa shape index (κ3) is 2.87. The molecule has 1 heterocycles. The van der Waals surface area contributed by atoms with Crippen LogP contribution in [0.4, 0.5) is 0 Å². The van der Waals surface area contributed by atoms with Gasteiger partial charge in [-0.15, -0.1) is 5.10 Å². The molecule has 2 aromatic rings. The third-order valence-corrected chi connectivity index (χ3v) is 2.63. The molecule has 0 bridgehead atoms. The minimum Gasteiger partial charge on any atom is -0.478 e. The van der Waals surface area contributed by atoms with Gasteiger partial charge in [0.1, 0.15) is 12.1 Å². The summed E-state index contributed by atoms with van der Waals surface area (Å²) in [6.45, 7) is 2.66. The van der Waals surface area contributed by atoms with Crippen molar-refractivity contribution in [3.8, 4) is 0 Å². The lowest BCUT2D eigenvalue weighted by Gasteiger charge is -2.03. The minimum atomic E-state index is -1.02. The monoisotopic (exact) mass is 262 g/mol. The van der Waals surface area contributed by atoms with E-state index >= 15 is 0 Å². The fraction of sp³-hybridized carbons (Fsp3) is 0.333. The molecular weight excluding hydrogens is 248 g/mol. The molecule has 1 aromatic heterocycles. The molecule has 0 aliphatic heterocycles. The average Bonchev–Trinajstić information content (AvgIpc) is 2.78. The summed E-state index contributed by atoms with van der Waals surface area (Å²) >= 11 is 0. The second-order valence-corrected chi connectivity index (χ2v) is 4.11. The number of carboxylic acids is 1. The number of carboxylic acid groups (broad SMARTS) is 1. The molecule has 100 valence electrons. The van der Waals surface area contributed by atoms with Gasteiger partial charge in [-0.3, -0.25) is 4.79 Å². The fourth-order valence-electron chi connectivity index (χ4n) is 1.68. The van der Waals surface area contributed by atoms with E-state index in [0.717, 1.165) is 6.42 Å². The van der Waals surface area contributed by atoms with Crippen LogP contribution in [0.1, 0.15) is 23.7 Å². The van der Waals surface area contributed by atoms with Crippen LogP contribution in [0.3, 0.4) is 0 Å². The van der Waals surface area contributed by atoms with E-state index in [-0.39, 0.29) is 18.0 Å². The molecule has 0 atom stereocenters. The van der Waals surface area contributed by atoms with Crippen LogP contribution in [0.2, 0.25) is 0 Å². The number of amides is 1. The quantitative estimate of drug-likeness (QED) is 0.824. The molecule has 0 saturated carbocycles. The van der Waals surface area contributed by atoms with Crippen LogP contribution in [0.25, 0.3) is 11.0 Å². The Morgan fingerprint density at radius 1 is 1.42 bits per heavy atom. The first kappa shape index (κ1) is 13.0. The molecule has 1 amide bonds. The second-order valence-electron chi connectivity index (χ2n) is 4.11. The molecule has 0 spiro atoms. The van der Waals surface area contributed by atoms with Crippen LogP contribution in [-0.2, 0) is 11.3 Å². The number of nitrogens with one attached hydrogen (secondary N) is 1. The zero-order valence-electron chi connectivity index (χ0n) is 10.5. The van der Waals surface area contributed by atoms with Crippen LogP contribution < -0.4 is 5.32 Å². The third-order valence-electron chi connectivity index (χ3n) is 2.63. The maximum absolute atomic E-state index is 11.6. The summed E-state index contributed by atoms with van der Waals surface area (Å²) in [5.74, 6) is -1.16. The van der Waals surface area contributed by atoms with Gasteiger partial charge in [0, 0.05) is 6.54 Å². The second kappa shape index (κ2) is 5.47. The van der Waals surface area contributed by atoms with Gasteiger partial charge in [0.2, 0.25) is 5.91 Å². The normalized spacial score (nSPS) is 10.6. The number of hydrogen-bond donors (Lipinski definition) is 2. The molecule has 19 heavy (non-hydrogen) atoms. The first-order valence-electron chi connectivity index (χ1n) is 5.95. The van der Waals surface area contributed by atoms with Crippen molar-refractivity contribution in [2.45, 2.75) is 19.9 Å². The van der Waals surface area contributed by atoms with E-state index in [9.17, 15) is 9.59 Å². The Kier molecular flexibility index (Phi) is 3.74. The molecule has 7 heteroatoms. The van der Waals surface area contributed by atoms with Gasteiger partial charge >= 0.3 is 5.97 Å². The smallest absolute Gasteiger partial charge is 0.335 e. The zero-order valence-corrected chi connectivity index (χ0v) is 10.5. The highest BCUT2D eigenvalue weighted by molar-refractivity contribution is 5.92. The molecule has 0 radical (unpaired) electrons. The van der Waals surface area contributed by atoms with Crippen molar-refractivity contribution in [2.75, 3.05) is 6.54 Å². The predicted molar refractivity (Wildman–Crippen MR) is 67.8 cm³/mol. The number of carbonyl (C=O) groups excluding carboxylic acids is 1. The van der Waals surface area contributed by atoms with Crippen molar-refractivity contribution >= 4 is 22.9 Å². The summed E-state index contributed by atoms with van der Waals surface area (Å²) in [6, 6.07) is 4.51. The first-order chi connectivity index (χ1) is 9.11. The molecule has 0 aliphatic carbocycles.